The van der Waals surface area contributed by atoms with Gasteiger partial charge in [0, 0.05) is 0 Å². The van der Waals surface area contributed by atoms with Gasteiger partial charge < -0.3 is 13.6 Å². The molecule has 5 heteroatoms. The predicted octanol–water partition coefficient (Wildman–Crippen LogP) is 4.79. The van der Waals surface area contributed by atoms with Crippen LogP contribution < -0.4 is 0 Å². The summed E-state index contributed by atoms with van der Waals surface area (Å²) < 4.78 is 21.3. The molecule has 0 aliphatic heterocycles. The normalized spacial score (nSPS) is 12.2. The van der Waals surface area contributed by atoms with Crippen molar-refractivity contribution in [2.45, 2.75) is 47.0 Å². The summed E-state index contributed by atoms with van der Waals surface area (Å²) in [5.41, 5.74) is 0. The first kappa shape index (κ1) is 17.8. The van der Waals surface area contributed by atoms with Crippen molar-refractivity contribution in [3.8, 4) is 0 Å². The molecular formula is C13H28NO3P. The summed E-state index contributed by atoms with van der Waals surface area (Å²) in [5.74, 6) is 0. The quantitative estimate of drug-likeness (QED) is 0.310. The van der Waals surface area contributed by atoms with Crippen LogP contribution in [0.2, 0.25) is 0 Å². The number of nitrogens with zero attached hydrogens (tertiary/aromatic N) is 1. The van der Waals surface area contributed by atoms with Crippen LogP contribution in [0.25, 0.3) is 0 Å². The molecule has 0 aliphatic carbocycles. The van der Waals surface area contributed by atoms with Crippen LogP contribution in [0.1, 0.15) is 47.0 Å². The molecule has 0 radical (unpaired) electrons. The van der Waals surface area contributed by atoms with Gasteiger partial charge in [0.2, 0.25) is 0 Å². The van der Waals surface area contributed by atoms with Crippen LogP contribution in [-0.4, -0.2) is 26.4 Å². The monoisotopic (exact) mass is 277 g/mol. The van der Waals surface area contributed by atoms with Crippen molar-refractivity contribution in [1.82, 2.24) is 0 Å². The number of allylic oxidation sites excluding steroid dienone is 1. The average molecular weight is 277 g/mol. The SMILES string of the molecule is CCCC/C=C/CN=P(OCC)(OCC)OCC. The van der Waals surface area contributed by atoms with Gasteiger partial charge in [0.25, 0.3) is 0 Å². The van der Waals surface area contributed by atoms with Gasteiger partial charge >= 0.3 is 7.74 Å². The number of unbranched alkanes of at least 4 members (excludes halogenated alkanes) is 2. The summed E-state index contributed by atoms with van der Waals surface area (Å²) in [4.78, 5) is 0. The second-order valence-electron chi connectivity index (χ2n) is 3.66. The summed E-state index contributed by atoms with van der Waals surface area (Å²) in [6, 6.07) is 0. The Balaban J connectivity index is 4.45. The van der Waals surface area contributed by atoms with Crippen LogP contribution in [0.3, 0.4) is 0 Å². The topological polar surface area (TPSA) is 40.0 Å². The maximum Gasteiger partial charge on any atom is 0.355 e. The lowest BCUT2D eigenvalue weighted by Gasteiger charge is -2.21. The summed E-state index contributed by atoms with van der Waals surface area (Å²) >= 11 is 0. The highest BCUT2D eigenvalue weighted by Gasteiger charge is 2.21. The van der Waals surface area contributed by atoms with E-state index in [1.165, 1.54) is 12.8 Å². The van der Waals surface area contributed by atoms with Crippen LogP contribution in [-0.2, 0) is 13.6 Å². The zero-order chi connectivity index (χ0) is 13.7. The van der Waals surface area contributed by atoms with Gasteiger partial charge in [-0.05, 0) is 27.2 Å². The van der Waals surface area contributed by atoms with Gasteiger partial charge in [-0.15, -0.1) is 0 Å². The molecule has 0 aromatic rings. The van der Waals surface area contributed by atoms with E-state index in [2.05, 4.69) is 23.8 Å². The Morgan fingerprint density at radius 3 is 1.89 bits per heavy atom. The first-order valence-corrected chi connectivity index (χ1v) is 8.40. The van der Waals surface area contributed by atoms with E-state index in [1.54, 1.807) is 0 Å². The molecule has 108 valence electrons. The fourth-order valence-corrected chi connectivity index (χ4v) is 3.13. The number of hydrogen-bond donors (Lipinski definition) is 0. The maximum absolute atomic E-state index is 5.60. The van der Waals surface area contributed by atoms with Crippen LogP contribution in [0.15, 0.2) is 16.9 Å². The van der Waals surface area contributed by atoms with Crippen LogP contribution in [0, 0.1) is 0 Å². The minimum Gasteiger partial charge on any atom is -0.303 e. The molecule has 0 rings (SSSR count). The van der Waals surface area contributed by atoms with E-state index < -0.39 is 7.74 Å². The van der Waals surface area contributed by atoms with E-state index in [9.17, 15) is 0 Å². The lowest BCUT2D eigenvalue weighted by molar-refractivity contribution is 0.162. The van der Waals surface area contributed by atoms with Gasteiger partial charge in [-0.1, -0.05) is 31.9 Å². The molecule has 0 aliphatic rings. The summed E-state index contributed by atoms with van der Waals surface area (Å²) in [5, 5.41) is 0. The van der Waals surface area contributed by atoms with Crippen LogP contribution in [0.4, 0.5) is 0 Å². The van der Waals surface area contributed by atoms with Crippen molar-refractivity contribution < 1.29 is 13.6 Å². The highest BCUT2D eigenvalue weighted by molar-refractivity contribution is 7.51. The van der Waals surface area contributed by atoms with Gasteiger partial charge in [-0.3, -0.25) is 0 Å². The fourth-order valence-electron chi connectivity index (χ4n) is 1.39. The van der Waals surface area contributed by atoms with Gasteiger partial charge in [0.1, 0.15) is 0 Å². The second kappa shape index (κ2) is 11.9. The molecule has 18 heavy (non-hydrogen) atoms. The smallest absolute Gasteiger partial charge is 0.303 e. The third-order valence-corrected chi connectivity index (χ3v) is 4.39. The molecule has 4 nitrogen and oxygen atoms in total. The highest BCUT2D eigenvalue weighted by Crippen LogP contribution is 2.52. The second-order valence-corrected chi connectivity index (χ2v) is 5.65. The first-order valence-electron chi connectivity index (χ1n) is 6.91. The molecule has 0 aromatic heterocycles. The molecule has 0 N–H and O–H groups in total. The Morgan fingerprint density at radius 1 is 0.889 bits per heavy atom. The standard InChI is InChI=1S/C13H28NO3P/c1-5-9-10-11-12-13-14-18(15-6-2,16-7-3)17-8-4/h11-12H,5-10,13H2,1-4H3/b12-11+. The van der Waals surface area contributed by atoms with Gasteiger partial charge in [-0.2, -0.15) is 0 Å². The third-order valence-electron chi connectivity index (χ3n) is 2.13. The van der Waals surface area contributed by atoms with Crippen LogP contribution in [0.5, 0.6) is 0 Å². The molecule has 0 spiro atoms. The Kier molecular flexibility index (Phi) is 11.8. The Morgan fingerprint density at radius 2 is 1.44 bits per heavy atom. The van der Waals surface area contributed by atoms with Crippen molar-refractivity contribution in [3.63, 3.8) is 0 Å². The molecule has 0 atom stereocenters. The van der Waals surface area contributed by atoms with E-state index in [1.807, 2.05) is 20.8 Å². The molecule has 0 saturated heterocycles. The fraction of sp³-hybridized carbons (Fsp3) is 0.846. The Labute approximate surface area is 112 Å². The summed E-state index contributed by atoms with van der Waals surface area (Å²) in [6.45, 7) is 10.2. The Hall–Kier alpha value is -0.150. The molecule has 0 unspecified atom stereocenters. The predicted molar refractivity (Wildman–Crippen MR) is 77.8 cm³/mol. The maximum atomic E-state index is 5.60. The molecule has 0 heterocycles. The van der Waals surface area contributed by atoms with Crippen molar-refractivity contribution in [3.05, 3.63) is 12.2 Å². The average Bonchev–Trinajstić information content (AvgIpc) is 2.35. The van der Waals surface area contributed by atoms with E-state index in [-0.39, 0.29) is 0 Å². The lowest BCUT2D eigenvalue weighted by atomic mass is 10.2. The summed E-state index contributed by atoms with van der Waals surface area (Å²) in [6.07, 6.45) is 7.76. The molecule has 0 aromatic carbocycles. The van der Waals surface area contributed by atoms with Crippen molar-refractivity contribution in [1.29, 1.82) is 0 Å². The van der Waals surface area contributed by atoms with E-state index in [4.69, 9.17) is 13.6 Å². The van der Waals surface area contributed by atoms with Crippen molar-refractivity contribution in [2.75, 3.05) is 26.4 Å². The summed E-state index contributed by atoms with van der Waals surface area (Å²) in [7, 11) is -2.48. The zero-order valence-corrected chi connectivity index (χ0v) is 13.1. The molecular weight excluding hydrogens is 249 g/mol. The number of rotatable bonds is 11. The molecule has 0 saturated carbocycles. The van der Waals surface area contributed by atoms with Crippen molar-refractivity contribution >= 4 is 7.74 Å². The zero-order valence-electron chi connectivity index (χ0n) is 12.2. The van der Waals surface area contributed by atoms with E-state index in [0.29, 0.717) is 26.4 Å². The molecule has 0 bridgehead atoms. The van der Waals surface area contributed by atoms with Gasteiger partial charge in [-0.25, -0.2) is 4.74 Å². The highest BCUT2D eigenvalue weighted by atomic mass is 31.2. The largest absolute Gasteiger partial charge is 0.355 e. The molecule has 0 amide bonds. The lowest BCUT2D eigenvalue weighted by Crippen LogP contribution is -2.01. The van der Waals surface area contributed by atoms with Crippen molar-refractivity contribution in [2.24, 2.45) is 4.74 Å². The minimum atomic E-state index is -2.48. The van der Waals surface area contributed by atoms with E-state index in [0.717, 1.165) is 6.42 Å². The number of hydrogen-bond acceptors (Lipinski definition) is 4. The van der Waals surface area contributed by atoms with Gasteiger partial charge in [0.15, 0.2) is 0 Å². The first-order chi connectivity index (χ1) is 8.74. The minimum absolute atomic E-state index is 0.552. The van der Waals surface area contributed by atoms with Crippen LogP contribution >= 0.6 is 7.74 Å². The van der Waals surface area contributed by atoms with Gasteiger partial charge in [0.05, 0.1) is 26.4 Å². The third kappa shape index (κ3) is 8.04. The Bertz CT molecular complexity index is 243. The van der Waals surface area contributed by atoms with E-state index >= 15 is 0 Å². The molecule has 0 fully saturated rings.